The van der Waals surface area contributed by atoms with Gasteiger partial charge in [0.25, 0.3) is 21.5 Å². The summed E-state index contributed by atoms with van der Waals surface area (Å²) in [5.74, 6) is -2.51. The van der Waals surface area contributed by atoms with Gasteiger partial charge in [0.15, 0.2) is 4.90 Å². The third-order valence-electron chi connectivity index (χ3n) is 4.05. The molecule has 0 amide bonds. The predicted molar refractivity (Wildman–Crippen MR) is 109 cm³/mol. The number of hydrogen-bond acceptors (Lipinski definition) is 7. The van der Waals surface area contributed by atoms with Crippen molar-refractivity contribution in [2.75, 3.05) is 6.61 Å². The van der Waals surface area contributed by atoms with Crippen molar-refractivity contribution in [2.24, 2.45) is 0 Å². The van der Waals surface area contributed by atoms with Crippen molar-refractivity contribution in [2.45, 2.75) is 11.8 Å². The molecule has 1 heterocycles. The summed E-state index contributed by atoms with van der Waals surface area (Å²) in [5.41, 5.74) is -1.31. The summed E-state index contributed by atoms with van der Waals surface area (Å²) in [4.78, 5) is 34.4. The summed E-state index contributed by atoms with van der Waals surface area (Å²) < 4.78 is 32.1. The molecule has 30 heavy (non-hydrogen) atoms. The fourth-order valence-electron chi connectivity index (χ4n) is 2.82. The highest BCUT2D eigenvalue weighted by Gasteiger charge is 2.34. The van der Waals surface area contributed by atoms with Gasteiger partial charge in [-0.05, 0) is 43.3 Å². The SMILES string of the molecule is CCOC(=O)C(=O)c1cc2cc(Cl)ccc2n1S(=O)(=O)c1cc(Cl)ccc1[N+](=O)[O-]. The van der Waals surface area contributed by atoms with Crippen LogP contribution >= 0.6 is 23.2 Å². The van der Waals surface area contributed by atoms with E-state index in [-0.39, 0.29) is 27.6 Å². The van der Waals surface area contributed by atoms with E-state index in [2.05, 4.69) is 4.74 Å². The van der Waals surface area contributed by atoms with E-state index in [9.17, 15) is 28.1 Å². The number of rotatable bonds is 6. The second-order valence-electron chi connectivity index (χ2n) is 5.92. The van der Waals surface area contributed by atoms with Gasteiger partial charge in [0.2, 0.25) is 0 Å². The fraction of sp³-hybridized carbons (Fsp3) is 0.111. The number of carbonyl (C=O) groups excluding carboxylic acids is 2. The van der Waals surface area contributed by atoms with Crippen LogP contribution in [0.15, 0.2) is 47.4 Å². The van der Waals surface area contributed by atoms with Crippen LogP contribution in [0.5, 0.6) is 0 Å². The van der Waals surface area contributed by atoms with Gasteiger partial charge in [-0.2, -0.15) is 0 Å². The quantitative estimate of drug-likeness (QED) is 0.176. The predicted octanol–water partition coefficient (Wildman–Crippen LogP) is 3.84. The fourth-order valence-corrected chi connectivity index (χ4v) is 4.94. The zero-order valence-corrected chi connectivity index (χ0v) is 17.5. The highest BCUT2D eigenvalue weighted by molar-refractivity contribution is 7.90. The lowest BCUT2D eigenvalue weighted by molar-refractivity contribution is -0.387. The van der Waals surface area contributed by atoms with Crippen LogP contribution in [0.4, 0.5) is 5.69 Å². The number of esters is 1. The molecule has 0 unspecified atom stereocenters. The first-order valence-corrected chi connectivity index (χ1v) is 10.5. The molecule has 3 rings (SSSR count). The van der Waals surface area contributed by atoms with E-state index in [1.165, 1.54) is 25.1 Å². The van der Waals surface area contributed by atoms with Gasteiger partial charge in [-0.15, -0.1) is 0 Å². The maximum absolute atomic E-state index is 13.4. The van der Waals surface area contributed by atoms with Crippen molar-refractivity contribution < 1.29 is 27.7 Å². The third-order valence-corrected chi connectivity index (χ3v) is 6.28. The lowest BCUT2D eigenvalue weighted by atomic mass is 10.2. The van der Waals surface area contributed by atoms with Gasteiger partial charge in [-0.25, -0.2) is 17.2 Å². The van der Waals surface area contributed by atoms with E-state index in [0.717, 1.165) is 24.3 Å². The molecule has 12 heteroatoms. The van der Waals surface area contributed by atoms with Gasteiger partial charge in [0.05, 0.1) is 17.0 Å². The highest BCUT2D eigenvalue weighted by atomic mass is 35.5. The molecule has 0 radical (unpaired) electrons. The Bertz CT molecular complexity index is 1320. The summed E-state index contributed by atoms with van der Waals surface area (Å²) >= 11 is 11.8. The van der Waals surface area contributed by atoms with Gasteiger partial charge >= 0.3 is 5.97 Å². The Hall–Kier alpha value is -2.95. The number of ether oxygens (including phenoxy) is 1. The van der Waals surface area contributed by atoms with Crippen LogP contribution in [0.3, 0.4) is 0 Å². The molecule has 0 N–H and O–H groups in total. The molecule has 0 aliphatic heterocycles. The Morgan fingerprint density at radius 2 is 1.73 bits per heavy atom. The number of nitrogens with zero attached hydrogens (tertiary/aromatic N) is 2. The number of aromatic nitrogens is 1. The second-order valence-corrected chi connectivity index (χ2v) is 8.55. The Balaban J connectivity index is 2.38. The van der Waals surface area contributed by atoms with Gasteiger partial charge < -0.3 is 4.74 Å². The molecular formula is C18H12Cl2N2O7S. The first-order valence-electron chi connectivity index (χ1n) is 8.30. The van der Waals surface area contributed by atoms with Crippen molar-refractivity contribution in [1.82, 2.24) is 3.97 Å². The van der Waals surface area contributed by atoms with E-state index < -0.39 is 43.0 Å². The molecule has 1 aromatic heterocycles. The maximum atomic E-state index is 13.4. The molecule has 0 bridgehead atoms. The van der Waals surface area contributed by atoms with E-state index in [1.807, 2.05) is 0 Å². The van der Waals surface area contributed by atoms with Gasteiger partial charge in [-0.3, -0.25) is 14.9 Å². The van der Waals surface area contributed by atoms with Gasteiger partial charge in [0, 0.05) is 21.5 Å². The van der Waals surface area contributed by atoms with Crippen LogP contribution in [0.25, 0.3) is 10.9 Å². The number of Topliss-reactive ketones (excluding diaryl/α,β-unsaturated/α-hetero) is 1. The van der Waals surface area contributed by atoms with Crippen LogP contribution in [-0.4, -0.2) is 35.7 Å². The Morgan fingerprint density at radius 3 is 2.37 bits per heavy atom. The number of benzene rings is 2. The third kappa shape index (κ3) is 3.76. The van der Waals surface area contributed by atoms with Crippen LogP contribution in [-0.2, 0) is 19.6 Å². The average molecular weight is 471 g/mol. The van der Waals surface area contributed by atoms with E-state index in [1.54, 1.807) is 0 Å². The number of nitro benzene ring substituents is 1. The summed E-state index contributed by atoms with van der Waals surface area (Å²) in [6.45, 7) is 1.37. The summed E-state index contributed by atoms with van der Waals surface area (Å²) in [6, 6.07) is 8.22. The highest BCUT2D eigenvalue weighted by Crippen LogP contribution is 2.33. The number of hydrogen-bond donors (Lipinski definition) is 0. The number of nitro groups is 1. The van der Waals surface area contributed by atoms with Crippen molar-refractivity contribution in [3.05, 3.63) is 68.3 Å². The molecule has 0 spiro atoms. The molecule has 2 aromatic carbocycles. The number of fused-ring (bicyclic) bond motifs is 1. The van der Waals surface area contributed by atoms with Crippen LogP contribution in [0.1, 0.15) is 17.4 Å². The Morgan fingerprint density at radius 1 is 1.10 bits per heavy atom. The lowest BCUT2D eigenvalue weighted by Crippen LogP contribution is -2.25. The molecule has 3 aromatic rings. The molecule has 0 atom stereocenters. The van der Waals surface area contributed by atoms with Crippen LogP contribution < -0.4 is 0 Å². The molecule has 0 saturated heterocycles. The standard InChI is InChI=1S/C18H12Cl2N2O7S/c1-2-29-18(24)17(23)15-8-10-7-11(19)3-5-13(10)21(15)30(27,28)16-9-12(20)4-6-14(16)22(25)26/h3-9H,2H2,1H3. The largest absolute Gasteiger partial charge is 0.460 e. The molecule has 0 aliphatic carbocycles. The Labute approximate surface area is 180 Å². The number of carbonyl (C=O) groups is 2. The molecule has 156 valence electrons. The average Bonchev–Trinajstić information content (AvgIpc) is 3.06. The summed E-state index contributed by atoms with van der Waals surface area (Å²) in [7, 11) is -4.74. The molecular weight excluding hydrogens is 459 g/mol. The topological polar surface area (TPSA) is 126 Å². The van der Waals surface area contributed by atoms with Crippen molar-refractivity contribution in [3.63, 3.8) is 0 Å². The van der Waals surface area contributed by atoms with Crippen molar-refractivity contribution >= 4 is 61.6 Å². The van der Waals surface area contributed by atoms with Gasteiger partial charge in [0.1, 0.15) is 5.69 Å². The minimum absolute atomic E-state index is 0.0127. The first-order chi connectivity index (χ1) is 14.1. The normalized spacial score (nSPS) is 11.4. The zero-order chi connectivity index (χ0) is 22.2. The lowest BCUT2D eigenvalue weighted by Gasteiger charge is -2.12. The van der Waals surface area contributed by atoms with Crippen molar-refractivity contribution in [3.8, 4) is 0 Å². The minimum atomic E-state index is -4.74. The van der Waals surface area contributed by atoms with E-state index in [4.69, 9.17) is 23.2 Å². The maximum Gasteiger partial charge on any atom is 0.381 e. The smallest absolute Gasteiger partial charge is 0.381 e. The molecule has 0 fully saturated rings. The van der Waals surface area contributed by atoms with E-state index >= 15 is 0 Å². The van der Waals surface area contributed by atoms with Crippen LogP contribution in [0.2, 0.25) is 10.0 Å². The summed E-state index contributed by atoms with van der Waals surface area (Å²) in [6.07, 6.45) is 0. The number of ketones is 1. The molecule has 0 aliphatic rings. The molecule has 9 nitrogen and oxygen atoms in total. The van der Waals surface area contributed by atoms with Crippen LogP contribution in [0, 0.1) is 10.1 Å². The Kier molecular flexibility index (Phi) is 5.84. The summed E-state index contributed by atoms with van der Waals surface area (Å²) in [5, 5.41) is 11.8. The van der Waals surface area contributed by atoms with Gasteiger partial charge in [-0.1, -0.05) is 23.2 Å². The number of halogens is 2. The van der Waals surface area contributed by atoms with Crippen molar-refractivity contribution in [1.29, 1.82) is 0 Å². The second kappa shape index (κ2) is 8.05. The minimum Gasteiger partial charge on any atom is -0.460 e. The zero-order valence-electron chi connectivity index (χ0n) is 15.2. The van der Waals surface area contributed by atoms with E-state index in [0.29, 0.717) is 3.97 Å². The first kappa shape index (κ1) is 21.8. The molecule has 0 saturated carbocycles. The monoisotopic (exact) mass is 470 g/mol.